The van der Waals surface area contributed by atoms with E-state index in [2.05, 4.69) is 24.3 Å². The minimum Gasteiger partial charge on any atom is -0.497 e. The maximum absolute atomic E-state index is 12.0. The topological polar surface area (TPSA) is 73.6 Å². The molecule has 0 aliphatic rings. The SMILES string of the molecule is COc1ccc(-n2nc(C(C)(O)CCCOC(=O)C(C)(C)C)cc2-c2ccc(C)cc2)cc1. The summed E-state index contributed by atoms with van der Waals surface area (Å²) < 4.78 is 12.5. The van der Waals surface area contributed by atoms with E-state index >= 15 is 0 Å². The van der Waals surface area contributed by atoms with Crippen molar-refractivity contribution in [2.45, 2.75) is 53.1 Å². The van der Waals surface area contributed by atoms with Gasteiger partial charge in [0.1, 0.15) is 11.4 Å². The Balaban J connectivity index is 1.86. The van der Waals surface area contributed by atoms with Gasteiger partial charge >= 0.3 is 5.97 Å². The fourth-order valence-corrected chi connectivity index (χ4v) is 3.42. The van der Waals surface area contributed by atoms with Gasteiger partial charge in [-0.05, 0) is 77.8 Å². The maximum atomic E-state index is 12.0. The van der Waals surface area contributed by atoms with Crippen LogP contribution in [0.15, 0.2) is 54.6 Å². The summed E-state index contributed by atoms with van der Waals surface area (Å²) in [5.74, 6) is 0.521. The molecule has 0 saturated carbocycles. The normalized spacial score (nSPS) is 13.4. The first kappa shape index (κ1) is 24.5. The Bertz CT molecular complexity index is 1070. The first-order chi connectivity index (χ1) is 15.5. The van der Waals surface area contributed by atoms with Gasteiger partial charge in [0.25, 0.3) is 0 Å². The molecular formula is C27H34N2O4. The number of methoxy groups -OCH3 is 1. The van der Waals surface area contributed by atoms with Crippen molar-refractivity contribution in [3.63, 3.8) is 0 Å². The van der Waals surface area contributed by atoms with Crippen LogP contribution in [0.4, 0.5) is 0 Å². The van der Waals surface area contributed by atoms with Crippen molar-refractivity contribution in [1.82, 2.24) is 9.78 Å². The van der Waals surface area contributed by atoms with Gasteiger partial charge in [0.2, 0.25) is 0 Å². The van der Waals surface area contributed by atoms with Crippen LogP contribution in [0.2, 0.25) is 0 Å². The molecule has 0 fully saturated rings. The van der Waals surface area contributed by atoms with Gasteiger partial charge in [-0.25, -0.2) is 4.68 Å². The third kappa shape index (κ3) is 6.02. The van der Waals surface area contributed by atoms with Crippen molar-refractivity contribution in [1.29, 1.82) is 0 Å². The summed E-state index contributed by atoms with van der Waals surface area (Å²) in [4.78, 5) is 12.0. The van der Waals surface area contributed by atoms with Gasteiger partial charge in [-0.15, -0.1) is 0 Å². The van der Waals surface area contributed by atoms with E-state index in [-0.39, 0.29) is 12.6 Å². The minimum absolute atomic E-state index is 0.243. The number of aryl methyl sites for hydroxylation is 1. The van der Waals surface area contributed by atoms with E-state index in [0.29, 0.717) is 18.5 Å². The molecule has 1 atom stereocenters. The number of hydrogen-bond acceptors (Lipinski definition) is 5. The maximum Gasteiger partial charge on any atom is 0.311 e. The summed E-state index contributed by atoms with van der Waals surface area (Å²) in [6.45, 7) is 9.53. The standard InChI is InChI=1S/C27H34N2O4/c1-19-8-10-20(11-9-19)23-18-24(28-29(23)21-12-14-22(32-6)15-13-21)27(5,31)16-7-17-33-25(30)26(2,3)4/h8-15,18,31H,7,16-17H2,1-6H3. The molecule has 33 heavy (non-hydrogen) atoms. The van der Waals surface area contributed by atoms with E-state index < -0.39 is 11.0 Å². The lowest BCUT2D eigenvalue weighted by Gasteiger charge is -2.22. The van der Waals surface area contributed by atoms with Crippen molar-refractivity contribution in [3.05, 3.63) is 65.9 Å². The highest BCUT2D eigenvalue weighted by Crippen LogP contribution is 2.32. The van der Waals surface area contributed by atoms with Gasteiger partial charge in [-0.1, -0.05) is 29.8 Å². The van der Waals surface area contributed by atoms with Crippen LogP contribution in [0, 0.1) is 12.3 Å². The predicted octanol–water partition coefficient (Wildman–Crippen LogP) is 5.43. The number of carbonyl (C=O) groups is 1. The molecule has 2 aromatic carbocycles. The molecule has 0 aliphatic carbocycles. The quantitative estimate of drug-likeness (QED) is 0.366. The molecular weight excluding hydrogens is 416 g/mol. The molecule has 1 N–H and O–H groups in total. The van der Waals surface area contributed by atoms with E-state index in [0.717, 1.165) is 22.7 Å². The number of hydrogen-bond donors (Lipinski definition) is 1. The molecule has 0 saturated heterocycles. The average Bonchev–Trinajstić information content (AvgIpc) is 3.23. The van der Waals surface area contributed by atoms with Crippen LogP contribution in [-0.4, -0.2) is 34.6 Å². The number of carbonyl (C=O) groups excluding carboxylic acids is 1. The number of benzene rings is 2. The lowest BCUT2D eigenvalue weighted by molar-refractivity contribution is -0.153. The summed E-state index contributed by atoms with van der Waals surface area (Å²) in [7, 11) is 1.63. The van der Waals surface area contributed by atoms with Crippen LogP contribution < -0.4 is 4.74 Å². The molecule has 6 heteroatoms. The zero-order chi connectivity index (χ0) is 24.2. The molecule has 176 valence electrons. The van der Waals surface area contributed by atoms with E-state index in [4.69, 9.17) is 14.6 Å². The number of nitrogens with zero attached hydrogens (tertiary/aromatic N) is 2. The molecule has 0 aliphatic heterocycles. The van der Waals surface area contributed by atoms with Gasteiger partial charge < -0.3 is 14.6 Å². The highest BCUT2D eigenvalue weighted by molar-refractivity contribution is 5.75. The average molecular weight is 451 g/mol. The van der Waals surface area contributed by atoms with Crippen molar-refractivity contribution in [2.75, 3.05) is 13.7 Å². The Hall–Kier alpha value is -3.12. The van der Waals surface area contributed by atoms with Crippen LogP contribution in [-0.2, 0) is 15.1 Å². The predicted molar refractivity (Wildman–Crippen MR) is 130 cm³/mol. The molecule has 3 rings (SSSR count). The first-order valence-corrected chi connectivity index (χ1v) is 11.2. The number of ether oxygens (including phenoxy) is 2. The first-order valence-electron chi connectivity index (χ1n) is 11.2. The van der Waals surface area contributed by atoms with Crippen LogP contribution in [0.3, 0.4) is 0 Å². The summed E-state index contributed by atoms with van der Waals surface area (Å²) in [5, 5.41) is 16.0. The Labute approximate surface area is 196 Å². The van der Waals surface area contributed by atoms with Crippen molar-refractivity contribution in [2.24, 2.45) is 5.41 Å². The second kappa shape index (κ2) is 9.79. The van der Waals surface area contributed by atoms with Crippen LogP contribution in [0.5, 0.6) is 5.75 Å². The third-order valence-electron chi connectivity index (χ3n) is 5.58. The molecule has 3 aromatic rings. The molecule has 0 bridgehead atoms. The summed E-state index contributed by atoms with van der Waals surface area (Å²) in [6, 6.07) is 17.8. The molecule has 1 aromatic heterocycles. The second-order valence-electron chi connectivity index (χ2n) is 9.65. The van der Waals surface area contributed by atoms with Crippen LogP contribution in [0.1, 0.15) is 51.8 Å². The lowest BCUT2D eigenvalue weighted by Crippen LogP contribution is -2.25. The van der Waals surface area contributed by atoms with E-state index in [1.54, 1.807) is 14.0 Å². The van der Waals surface area contributed by atoms with Gasteiger partial charge in [0.15, 0.2) is 0 Å². The number of aromatic nitrogens is 2. The monoisotopic (exact) mass is 450 g/mol. The van der Waals surface area contributed by atoms with Crippen molar-refractivity contribution >= 4 is 5.97 Å². The van der Waals surface area contributed by atoms with Crippen LogP contribution in [0.25, 0.3) is 16.9 Å². The van der Waals surface area contributed by atoms with Crippen LogP contribution >= 0.6 is 0 Å². The van der Waals surface area contributed by atoms with Gasteiger partial charge in [0, 0.05) is 5.56 Å². The summed E-state index contributed by atoms with van der Waals surface area (Å²) in [6.07, 6.45) is 0.946. The van der Waals surface area contributed by atoms with Gasteiger partial charge in [-0.2, -0.15) is 5.10 Å². The lowest BCUT2D eigenvalue weighted by atomic mass is 9.95. The number of aliphatic hydroxyl groups is 1. The Morgan fingerprint density at radius 1 is 1.03 bits per heavy atom. The fourth-order valence-electron chi connectivity index (χ4n) is 3.42. The Morgan fingerprint density at radius 2 is 1.67 bits per heavy atom. The Morgan fingerprint density at radius 3 is 2.24 bits per heavy atom. The number of esters is 1. The van der Waals surface area contributed by atoms with Crippen molar-refractivity contribution in [3.8, 4) is 22.7 Å². The minimum atomic E-state index is -1.18. The zero-order valence-electron chi connectivity index (χ0n) is 20.4. The van der Waals surface area contributed by atoms with E-state index in [1.807, 2.05) is 62.7 Å². The van der Waals surface area contributed by atoms with Gasteiger partial charge in [-0.3, -0.25) is 4.79 Å². The Kier molecular flexibility index (Phi) is 7.28. The summed E-state index contributed by atoms with van der Waals surface area (Å²) >= 11 is 0. The second-order valence-corrected chi connectivity index (χ2v) is 9.65. The molecule has 1 heterocycles. The molecule has 0 amide bonds. The molecule has 0 radical (unpaired) electrons. The highest BCUT2D eigenvalue weighted by Gasteiger charge is 2.29. The summed E-state index contributed by atoms with van der Waals surface area (Å²) in [5.41, 5.74) is 2.78. The smallest absolute Gasteiger partial charge is 0.311 e. The third-order valence-corrected chi connectivity index (χ3v) is 5.58. The highest BCUT2D eigenvalue weighted by atomic mass is 16.5. The number of rotatable bonds is 8. The largest absolute Gasteiger partial charge is 0.497 e. The molecule has 1 unspecified atom stereocenters. The zero-order valence-corrected chi connectivity index (χ0v) is 20.4. The van der Waals surface area contributed by atoms with Gasteiger partial charge in [0.05, 0.1) is 36.2 Å². The van der Waals surface area contributed by atoms with Crippen molar-refractivity contribution < 1.29 is 19.4 Å². The molecule has 0 spiro atoms. The van der Waals surface area contributed by atoms with E-state index in [9.17, 15) is 9.90 Å². The fraction of sp³-hybridized carbons (Fsp3) is 0.407. The molecule has 6 nitrogen and oxygen atoms in total. The van der Waals surface area contributed by atoms with E-state index in [1.165, 1.54) is 5.56 Å².